The normalized spacial score (nSPS) is 18.8. The van der Waals surface area contributed by atoms with Crippen LogP contribution in [0.15, 0.2) is 29.2 Å². The van der Waals surface area contributed by atoms with Crippen molar-refractivity contribution in [1.29, 1.82) is 0 Å². The highest BCUT2D eigenvalue weighted by Gasteiger charge is 2.26. The minimum atomic E-state index is -3.73. The van der Waals surface area contributed by atoms with Crippen LogP contribution in [0.25, 0.3) is 0 Å². The summed E-state index contributed by atoms with van der Waals surface area (Å²) in [7, 11) is -3.73. The van der Waals surface area contributed by atoms with Crippen molar-refractivity contribution in [2.75, 3.05) is 19.6 Å². The Morgan fingerprint density at radius 1 is 1.27 bits per heavy atom. The standard InChI is InChI=1S/C19H31N3O3S/c1-14(2)12-18(19(23)21-11-9-16-8-10-20-13-16)22-26(24,25)17-6-4-15(3)5-7-17/h4-7,14,16,18,20,22H,8-13H2,1-3H3,(H,21,23). The first-order valence-corrected chi connectivity index (χ1v) is 10.8. The molecule has 0 radical (unpaired) electrons. The summed E-state index contributed by atoms with van der Waals surface area (Å²) in [6.07, 6.45) is 2.51. The van der Waals surface area contributed by atoms with Crippen LogP contribution in [0, 0.1) is 18.8 Å². The van der Waals surface area contributed by atoms with Gasteiger partial charge in [-0.15, -0.1) is 0 Å². The maximum Gasteiger partial charge on any atom is 0.241 e. The molecule has 1 aromatic rings. The van der Waals surface area contributed by atoms with E-state index < -0.39 is 16.1 Å². The van der Waals surface area contributed by atoms with Gasteiger partial charge < -0.3 is 10.6 Å². The Morgan fingerprint density at radius 2 is 1.96 bits per heavy atom. The van der Waals surface area contributed by atoms with Gasteiger partial charge in [-0.3, -0.25) is 4.79 Å². The minimum absolute atomic E-state index is 0.182. The number of hydrogen-bond donors (Lipinski definition) is 3. The molecule has 1 fully saturated rings. The summed E-state index contributed by atoms with van der Waals surface area (Å²) in [5, 5.41) is 6.21. The number of hydrogen-bond acceptors (Lipinski definition) is 4. The van der Waals surface area contributed by atoms with Crippen molar-refractivity contribution in [1.82, 2.24) is 15.4 Å². The van der Waals surface area contributed by atoms with E-state index in [0.29, 0.717) is 18.9 Å². The fraction of sp³-hybridized carbons (Fsp3) is 0.632. The maximum absolute atomic E-state index is 12.6. The van der Waals surface area contributed by atoms with E-state index in [2.05, 4.69) is 15.4 Å². The molecular formula is C19H31N3O3S. The molecule has 7 heteroatoms. The van der Waals surface area contributed by atoms with Crippen LogP contribution in [-0.2, 0) is 14.8 Å². The number of benzene rings is 1. The zero-order valence-corrected chi connectivity index (χ0v) is 16.7. The molecule has 2 atom stereocenters. The van der Waals surface area contributed by atoms with Crippen LogP contribution in [0.2, 0.25) is 0 Å². The first-order valence-electron chi connectivity index (χ1n) is 9.35. The number of carbonyl (C=O) groups is 1. The number of sulfonamides is 1. The van der Waals surface area contributed by atoms with Crippen molar-refractivity contribution in [2.45, 2.75) is 51.0 Å². The van der Waals surface area contributed by atoms with Gasteiger partial charge in [-0.05, 0) is 63.2 Å². The maximum atomic E-state index is 12.6. The molecule has 1 aliphatic rings. The van der Waals surface area contributed by atoms with Gasteiger partial charge in [-0.2, -0.15) is 4.72 Å². The van der Waals surface area contributed by atoms with E-state index in [9.17, 15) is 13.2 Å². The molecule has 26 heavy (non-hydrogen) atoms. The largest absolute Gasteiger partial charge is 0.355 e. The monoisotopic (exact) mass is 381 g/mol. The number of nitrogens with one attached hydrogen (secondary N) is 3. The molecule has 3 N–H and O–H groups in total. The van der Waals surface area contributed by atoms with Crippen molar-refractivity contribution in [2.24, 2.45) is 11.8 Å². The topological polar surface area (TPSA) is 87.3 Å². The Balaban J connectivity index is 1.98. The first kappa shape index (κ1) is 20.9. The van der Waals surface area contributed by atoms with Crippen LogP contribution in [0.3, 0.4) is 0 Å². The number of amides is 1. The zero-order valence-electron chi connectivity index (χ0n) is 15.9. The van der Waals surface area contributed by atoms with Crippen LogP contribution in [-0.4, -0.2) is 40.0 Å². The van der Waals surface area contributed by atoms with E-state index in [1.54, 1.807) is 24.3 Å². The van der Waals surface area contributed by atoms with E-state index in [0.717, 1.165) is 31.5 Å². The van der Waals surface area contributed by atoms with E-state index in [-0.39, 0.29) is 16.7 Å². The highest BCUT2D eigenvalue weighted by molar-refractivity contribution is 7.89. The van der Waals surface area contributed by atoms with Crippen LogP contribution >= 0.6 is 0 Å². The Kier molecular flexibility index (Phi) is 7.61. The first-order chi connectivity index (χ1) is 12.3. The minimum Gasteiger partial charge on any atom is -0.355 e. The summed E-state index contributed by atoms with van der Waals surface area (Å²) in [6.45, 7) is 8.45. The summed E-state index contributed by atoms with van der Waals surface area (Å²) < 4.78 is 27.8. The smallest absolute Gasteiger partial charge is 0.241 e. The lowest BCUT2D eigenvalue weighted by Crippen LogP contribution is -2.47. The van der Waals surface area contributed by atoms with Crippen molar-refractivity contribution in [3.63, 3.8) is 0 Å². The van der Waals surface area contributed by atoms with Crippen molar-refractivity contribution < 1.29 is 13.2 Å². The van der Waals surface area contributed by atoms with E-state index >= 15 is 0 Å². The lowest BCUT2D eigenvalue weighted by Gasteiger charge is -2.20. The SMILES string of the molecule is Cc1ccc(S(=O)(=O)NC(CC(C)C)C(=O)NCCC2CCNC2)cc1. The average Bonchev–Trinajstić information content (AvgIpc) is 3.07. The molecule has 1 amide bonds. The predicted octanol–water partition coefficient (Wildman–Crippen LogP) is 1.80. The third kappa shape index (κ3) is 6.37. The molecule has 1 aliphatic heterocycles. The van der Waals surface area contributed by atoms with Crippen LogP contribution in [0.1, 0.15) is 38.7 Å². The Morgan fingerprint density at radius 3 is 2.54 bits per heavy atom. The molecule has 0 aromatic heterocycles. The van der Waals surface area contributed by atoms with Crippen LogP contribution in [0.4, 0.5) is 0 Å². The Hall–Kier alpha value is -1.44. The molecular weight excluding hydrogens is 350 g/mol. The lowest BCUT2D eigenvalue weighted by molar-refractivity contribution is -0.123. The van der Waals surface area contributed by atoms with Gasteiger partial charge in [0.15, 0.2) is 0 Å². The molecule has 0 saturated carbocycles. The van der Waals surface area contributed by atoms with Crippen molar-refractivity contribution in [3.8, 4) is 0 Å². The second-order valence-corrected chi connectivity index (χ2v) is 9.27. The van der Waals surface area contributed by atoms with Gasteiger partial charge in [0.1, 0.15) is 6.04 Å². The Bertz CT molecular complexity index is 680. The quantitative estimate of drug-likeness (QED) is 0.609. The van der Waals surface area contributed by atoms with Gasteiger partial charge in [-0.25, -0.2) is 8.42 Å². The lowest BCUT2D eigenvalue weighted by atomic mass is 10.0. The van der Waals surface area contributed by atoms with E-state index in [4.69, 9.17) is 0 Å². The fourth-order valence-electron chi connectivity index (χ4n) is 3.14. The zero-order chi connectivity index (χ0) is 19.2. The second-order valence-electron chi connectivity index (χ2n) is 7.56. The third-order valence-corrected chi connectivity index (χ3v) is 6.15. The van der Waals surface area contributed by atoms with E-state index in [1.165, 1.54) is 0 Å². The molecule has 0 spiro atoms. The summed E-state index contributed by atoms with van der Waals surface area (Å²) in [5.41, 5.74) is 0.988. The molecule has 2 unspecified atom stereocenters. The van der Waals surface area contributed by atoms with Gasteiger partial charge in [0.05, 0.1) is 4.90 Å². The van der Waals surface area contributed by atoms with E-state index in [1.807, 2.05) is 20.8 Å². The van der Waals surface area contributed by atoms with Crippen molar-refractivity contribution in [3.05, 3.63) is 29.8 Å². The predicted molar refractivity (Wildman–Crippen MR) is 103 cm³/mol. The summed E-state index contributed by atoms with van der Waals surface area (Å²) in [6, 6.07) is 5.87. The fourth-order valence-corrected chi connectivity index (χ4v) is 4.34. The van der Waals surface area contributed by atoms with Crippen LogP contribution in [0.5, 0.6) is 0 Å². The highest BCUT2D eigenvalue weighted by atomic mass is 32.2. The van der Waals surface area contributed by atoms with Gasteiger partial charge in [0, 0.05) is 6.54 Å². The third-order valence-electron chi connectivity index (χ3n) is 4.67. The molecule has 1 aromatic carbocycles. The molecule has 1 saturated heterocycles. The molecule has 146 valence electrons. The summed E-state index contributed by atoms with van der Waals surface area (Å²) in [5.74, 6) is 0.536. The average molecular weight is 382 g/mol. The Labute approximate surface area is 157 Å². The number of aryl methyl sites for hydroxylation is 1. The van der Waals surface area contributed by atoms with Gasteiger partial charge in [-0.1, -0.05) is 31.5 Å². The highest BCUT2D eigenvalue weighted by Crippen LogP contribution is 2.14. The van der Waals surface area contributed by atoms with Crippen LogP contribution < -0.4 is 15.4 Å². The molecule has 6 nitrogen and oxygen atoms in total. The molecule has 0 bridgehead atoms. The summed E-state index contributed by atoms with van der Waals surface area (Å²) in [4.78, 5) is 12.7. The van der Waals surface area contributed by atoms with Gasteiger partial charge in [0.2, 0.25) is 15.9 Å². The number of rotatable bonds is 9. The molecule has 1 heterocycles. The van der Waals surface area contributed by atoms with Crippen molar-refractivity contribution >= 4 is 15.9 Å². The summed E-state index contributed by atoms with van der Waals surface area (Å²) >= 11 is 0. The molecule has 2 rings (SSSR count). The number of carbonyl (C=O) groups excluding carboxylic acids is 1. The second kappa shape index (κ2) is 9.48. The van der Waals surface area contributed by atoms with Gasteiger partial charge >= 0.3 is 0 Å². The molecule has 0 aliphatic carbocycles. The van der Waals surface area contributed by atoms with Gasteiger partial charge in [0.25, 0.3) is 0 Å².